The van der Waals surface area contributed by atoms with E-state index in [1.165, 1.54) is 0 Å². The molecule has 0 saturated heterocycles. The predicted octanol–water partition coefficient (Wildman–Crippen LogP) is 8.46. The Morgan fingerprint density at radius 3 is 1.36 bits per heavy atom. The Labute approximate surface area is 194 Å². The molecule has 0 N–H and O–H groups in total. The number of benzene rings is 2. The number of hydrogen-bond acceptors (Lipinski definition) is 2. The van der Waals surface area contributed by atoms with Gasteiger partial charge >= 0.3 is 0 Å². The Hall–Kier alpha value is -0.480. The quantitative estimate of drug-likeness (QED) is 0.299. The van der Waals surface area contributed by atoms with E-state index in [-0.39, 0.29) is 12.1 Å². The first kappa shape index (κ1) is 22.2. The molecule has 0 aliphatic heterocycles. The van der Waals surface area contributed by atoms with E-state index in [0.29, 0.717) is 41.3 Å². The van der Waals surface area contributed by atoms with Gasteiger partial charge in [-0.15, -0.1) is 0 Å². The molecule has 8 heteroatoms. The largest absolute Gasteiger partial charge is 0.287 e. The maximum atomic E-state index is 6.26. The minimum atomic E-state index is 0.00727. The van der Waals surface area contributed by atoms with E-state index in [0.717, 1.165) is 25.7 Å². The van der Waals surface area contributed by atoms with Gasteiger partial charge < -0.3 is 0 Å². The molecule has 0 unspecified atom stereocenters. The number of halogens is 6. The van der Waals surface area contributed by atoms with E-state index in [1.807, 2.05) is 0 Å². The molecule has 2 aromatic carbocycles. The Kier molecular flexibility index (Phi) is 7.95. The molecule has 1 fully saturated rings. The molecule has 0 aromatic heterocycles. The van der Waals surface area contributed by atoms with Crippen molar-refractivity contribution in [2.45, 2.75) is 37.8 Å². The zero-order valence-corrected chi connectivity index (χ0v) is 19.1. The Bertz CT molecular complexity index is 850. The number of aliphatic imine (C=N–C) groups is 2. The molecule has 0 bridgehead atoms. The van der Waals surface area contributed by atoms with Crippen LogP contribution in [0, 0.1) is 0 Å². The van der Waals surface area contributed by atoms with Crippen LogP contribution in [0.4, 0.5) is 0 Å². The van der Waals surface area contributed by atoms with E-state index in [1.54, 1.807) is 36.7 Å². The van der Waals surface area contributed by atoms with Crippen molar-refractivity contribution in [3.63, 3.8) is 0 Å². The van der Waals surface area contributed by atoms with Crippen LogP contribution in [0.3, 0.4) is 0 Å². The predicted molar refractivity (Wildman–Crippen MR) is 124 cm³/mol. The molecule has 1 aliphatic carbocycles. The van der Waals surface area contributed by atoms with Gasteiger partial charge in [0.05, 0.1) is 42.2 Å². The van der Waals surface area contributed by atoms with Crippen molar-refractivity contribution in [2.24, 2.45) is 9.98 Å². The molecule has 148 valence electrons. The Balaban J connectivity index is 1.84. The number of rotatable bonds is 4. The van der Waals surface area contributed by atoms with Crippen LogP contribution in [0.2, 0.25) is 30.1 Å². The molecule has 0 spiro atoms. The van der Waals surface area contributed by atoms with Gasteiger partial charge in [0.1, 0.15) is 0 Å². The third-order valence-electron chi connectivity index (χ3n) is 4.64. The smallest absolute Gasteiger partial charge is 0.0723 e. The van der Waals surface area contributed by atoms with Crippen LogP contribution >= 0.6 is 69.6 Å². The molecule has 2 nitrogen and oxygen atoms in total. The first-order valence-electron chi connectivity index (χ1n) is 8.72. The lowest BCUT2D eigenvalue weighted by atomic mass is 9.91. The van der Waals surface area contributed by atoms with Gasteiger partial charge in [-0.3, -0.25) is 9.98 Å². The fourth-order valence-electron chi connectivity index (χ4n) is 3.10. The molecule has 0 radical (unpaired) electrons. The van der Waals surface area contributed by atoms with Gasteiger partial charge in [0, 0.05) is 23.6 Å². The normalized spacial score (nSPS) is 20.4. The van der Waals surface area contributed by atoms with E-state index >= 15 is 0 Å². The SMILES string of the molecule is Clc1ccc(Cl)c(C=N[C@@H]2CCCC[C@H]2N=Cc2c(Cl)ccc(Cl)c2Cl)c1Cl. The summed E-state index contributed by atoms with van der Waals surface area (Å²) in [7, 11) is 0. The van der Waals surface area contributed by atoms with E-state index in [2.05, 4.69) is 0 Å². The second-order valence-electron chi connectivity index (χ2n) is 6.49. The summed E-state index contributed by atoms with van der Waals surface area (Å²) in [6.45, 7) is 0. The lowest BCUT2D eigenvalue weighted by molar-refractivity contribution is 0.390. The van der Waals surface area contributed by atoms with Crippen molar-refractivity contribution in [1.82, 2.24) is 0 Å². The topological polar surface area (TPSA) is 24.7 Å². The highest BCUT2D eigenvalue weighted by atomic mass is 35.5. The van der Waals surface area contributed by atoms with Gasteiger partial charge in [0.15, 0.2) is 0 Å². The highest BCUT2D eigenvalue weighted by Crippen LogP contribution is 2.32. The van der Waals surface area contributed by atoms with Gasteiger partial charge in [-0.05, 0) is 37.1 Å². The molecule has 2 atom stereocenters. The van der Waals surface area contributed by atoms with E-state index in [4.69, 9.17) is 79.6 Å². The first-order chi connectivity index (χ1) is 13.4. The summed E-state index contributed by atoms with van der Waals surface area (Å²) < 4.78 is 0. The number of nitrogens with zero attached hydrogens (tertiary/aromatic N) is 2. The fourth-order valence-corrected chi connectivity index (χ4v) is 4.37. The molecule has 0 amide bonds. The Morgan fingerprint density at radius 2 is 0.964 bits per heavy atom. The van der Waals surface area contributed by atoms with Crippen LogP contribution in [0.1, 0.15) is 36.8 Å². The van der Waals surface area contributed by atoms with E-state index in [9.17, 15) is 0 Å². The average molecular weight is 497 g/mol. The lowest BCUT2D eigenvalue weighted by Gasteiger charge is -2.25. The molecular formula is C20H16Cl6N2. The minimum absolute atomic E-state index is 0.00727. The molecule has 2 aromatic rings. The van der Waals surface area contributed by atoms with Gasteiger partial charge in [-0.1, -0.05) is 82.4 Å². The molecule has 0 heterocycles. The molecule has 1 aliphatic rings. The van der Waals surface area contributed by atoms with Crippen LogP contribution in [0.25, 0.3) is 0 Å². The van der Waals surface area contributed by atoms with Crippen LogP contribution in [0.15, 0.2) is 34.3 Å². The zero-order chi connectivity index (χ0) is 20.3. The molecular weight excluding hydrogens is 481 g/mol. The van der Waals surface area contributed by atoms with Gasteiger partial charge in [0.2, 0.25) is 0 Å². The molecule has 1 saturated carbocycles. The van der Waals surface area contributed by atoms with Crippen molar-refractivity contribution in [3.05, 3.63) is 65.5 Å². The van der Waals surface area contributed by atoms with Crippen molar-refractivity contribution >= 4 is 82.0 Å². The fraction of sp³-hybridized carbons (Fsp3) is 0.300. The summed E-state index contributed by atoms with van der Waals surface area (Å²) in [6.07, 6.45) is 7.40. The van der Waals surface area contributed by atoms with Gasteiger partial charge in [-0.2, -0.15) is 0 Å². The highest BCUT2D eigenvalue weighted by molar-refractivity contribution is 6.46. The van der Waals surface area contributed by atoms with Crippen LogP contribution in [0.5, 0.6) is 0 Å². The maximum Gasteiger partial charge on any atom is 0.0723 e. The van der Waals surface area contributed by atoms with Crippen molar-refractivity contribution < 1.29 is 0 Å². The number of hydrogen-bond donors (Lipinski definition) is 0. The third-order valence-corrected chi connectivity index (χ3v) is 6.94. The standard InChI is InChI=1S/C20H16Cl6N2/c21-13-5-7-15(23)19(25)11(13)9-27-17-3-1-2-4-18(17)28-10-12-14(22)6-8-16(24)20(12)26/h5-10,17-18H,1-4H2/t17-,18-/m1/s1. The summed E-state index contributed by atoms with van der Waals surface area (Å²) in [4.78, 5) is 9.43. The van der Waals surface area contributed by atoms with Gasteiger partial charge in [-0.25, -0.2) is 0 Å². The van der Waals surface area contributed by atoms with Crippen LogP contribution in [-0.2, 0) is 0 Å². The van der Waals surface area contributed by atoms with Crippen molar-refractivity contribution in [1.29, 1.82) is 0 Å². The first-order valence-corrected chi connectivity index (χ1v) is 11.0. The lowest BCUT2D eigenvalue weighted by Crippen LogP contribution is -2.27. The second kappa shape index (κ2) is 10.0. The zero-order valence-electron chi connectivity index (χ0n) is 14.6. The van der Waals surface area contributed by atoms with Crippen LogP contribution < -0.4 is 0 Å². The Morgan fingerprint density at radius 1 is 0.607 bits per heavy atom. The molecule has 3 rings (SSSR count). The van der Waals surface area contributed by atoms with Crippen LogP contribution in [-0.4, -0.2) is 24.5 Å². The van der Waals surface area contributed by atoms with E-state index < -0.39 is 0 Å². The summed E-state index contributed by atoms with van der Waals surface area (Å²) in [5, 5.41) is 2.68. The highest BCUT2D eigenvalue weighted by Gasteiger charge is 2.24. The van der Waals surface area contributed by atoms with Crippen molar-refractivity contribution in [2.75, 3.05) is 0 Å². The maximum absolute atomic E-state index is 6.26. The van der Waals surface area contributed by atoms with Crippen molar-refractivity contribution in [3.8, 4) is 0 Å². The third kappa shape index (κ3) is 5.16. The monoisotopic (exact) mass is 494 g/mol. The summed E-state index contributed by atoms with van der Waals surface area (Å²) >= 11 is 37.2. The van der Waals surface area contributed by atoms with Gasteiger partial charge in [0.25, 0.3) is 0 Å². The summed E-state index contributed by atoms with van der Waals surface area (Å²) in [5.74, 6) is 0. The average Bonchev–Trinajstić information content (AvgIpc) is 2.69. The molecule has 28 heavy (non-hydrogen) atoms. The summed E-state index contributed by atoms with van der Waals surface area (Å²) in [6, 6.07) is 6.75. The summed E-state index contributed by atoms with van der Waals surface area (Å²) in [5.41, 5.74) is 1.23. The minimum Gasteiger partial charge on any atom is -0.287 e. The second-order valence-corrected chi connectivity index (χ2v) is 8.87.